The third-order valence-corrected chi connectivity index (χ3v) is 3.99. The topological polar surface area (TPSA) is 51.0 Å². The number of rotatable bonds is 10. The molecule has 20 heavy (non-hydrogen) atoms. The second-order valence-corrected chi connectivity index (χ2v) is 5.66. The van der Waals surface area contributed by atoms with Crippen LogP contribution in [0.2, 0.25) is 0 Å². The largest absolute Gasteiger partial charge is 0.392 e. The van der Waals surface area contributed by atoms with Gasteiger partial charge < -0.3 is 15.2 Å². The molecule has 2 N–H and O–H groups in total. The van der Waals surface area contributed by atoms with Gasteiger partial charge in [-0.25, -0.2) is 0 Å². The first-order chi connectivity index (χ1) is 9.69. The SMILES string of the molecule is CCCC(C(N)=S)N1CCN(CCOCCOC)CC1. The van der Waals surface area contributed by atoms with Crippen molar-refractivity contribution >= 4 is 17.2 Å². The molecule has 0 aromatic carbocycles. The highest BCUT2D eigenvalue weighted by atomic mass is 32.1. The minimum Gasteiger partial charge on any atom is -0.392 e. The fraction of sp³-hybridized carbons (Fsp3) is 0.929. The Morgan fingerprint density at radius 3 is 2.45 bits per heavy atom. The molecule has 6 heteroatoms. The van der Waals surface area contributed by atoms with Gasteiger partial charge in [0.05, 0.1) is 30.9 Å². The van der Waals surface area contributed by atoms with Crippen molar-refractivity contribution in [3.05, 3.63) is 0 Å². The summed E-state index contributed by atoms with van der Waals surface area (Å²) in [6.45, 7) is 9.50. The summed E-state index contributed by atoms with van der Waals surface area (Å²) in [7, 11) is 1.69. The van der Waals surface area contributed by atoms with E-state index in [-0.39, 0.29) is 6.04 Å². The molecule has 1 atom stereocenters. The van der Waals surface area contributed by atoms with Gasteiger partial charge in [-0.3, -0.25) is 9.80 Å². The van der Waals surface area contributed by atoms with E-state index >= 15 is 0 Å². The molecule has 0 amide bonds. The highest BCUT2D eigenvalue weighted by Crippen LogP contribution is 2.11. The molecule has 1 aliphatic heterocycles. The van der Waals surface area contributed by atoms with E-state index in [0.717, 1.165) is 52.2 Å². The molecule has 0 spiro atoms. The van der Waals surface area contributed by atoms with Gasteiger partial charge in [0.15, 0.2) is 0 Å². The lowest BCUT2D eigenvalue weighted by atomic mass is 10.1. The summed E-state index contributed by atoms with van der Waals surface area (Å²) >= 11 is 5.19. The molecule has 1 fully saturated rings. The summed E-state index contributed by atoms with van der Waals surface area (Å²) in [5.41, 5.74) is 5.86. The fourth-order valence-corrected chi connectivity index (χ4v) is 2.78. The van der Waals surface area contributed by atoms with E-state index in [1.807, 2.05) is 0 Å². The maximum absolute atomic E-state index is 5.86. The minimum absolute atomic E-state index is 0.273. The van der Waals surface area contributed by atoms with E-state index in [1.165, 1.54) is 0 Å². The van der Waals surface area contributed by atoms with Gasteiger partial charge in [-0.1, -0.05) is 25.6 Å². The van der Waals surface area contributed by atoms with Crippen molar-refractivity contribution in [3.63, 3.8) is 0 Å². The van der Waals surface area contributed by atoms with Crippen LogP contribution in [-0.2, 0) is 9.47 Å². The molecule has 0 aromatic heterocycles. The Bertz CT molecular complexity index is 271. The summed E-state index contributed by atoms with van der Waals surface area (Å²) in [4.78, 5) is 5.50. The second kappa shape index (κ2) is 10.5. The lowest BCUT2D eigenvalue weighted by molar-refractivity contribution is 0.0435. The molecule has 1 heterocycles. The summed E-state index contributed by atoms with van der Waals surface area (Å²) < 4.78 is 10.5. The Kier molecular flexibility index (Phi) is 9.30. The van der Waals surface area contributed by atoms with Crippen molar-refractivity contribution in [1.29, 1.82) is 0 Å². The van der Waals surface area contributed by atoms with Crippen LogP contribution in [0.4, 0.5) is 0 Å². The first-order valence-corrected chi connectivity index (χ1v) is 7.92. The van der Waals surface area contributed by atoms with Gasteiger partial charge in [0.25, 0.3) is 0 Å². The van der Waals surface area contributed by atoms with Crippen LogP contribution in [0.1, 0.15) is 19.8 Å². The number of methoxy groups -OCH3 is 1. The molecule has 1 saturated heterocycles. The van der Waals surface area contributed by atoms with Crippen LogP contribution in [0.15, 0.2) is 0 Å². The predicted molar refractivity (Wildman–Crippen MR) is 86.2 cm³/mol. The average molecular weight is 303 g/mol. The molecule has 0 aromatic rings. The van der Waals surface area contributed by atoms with E-state index in [0.29, 0.717) is 18.2 Å². The standard InChI is InChI=1S/C14H29N3O2S/c1-3-4-13(14(15)20)17-7-5-16(6-8-17)9-10-19-12-11-18-2/h13H,3-12H2,1-2H3,(H2,15,20). The smallest absolute Gasteiger partial charge is 0.0902 e. The number of nitrogens with zero attached hydrogens (tertiary/aromatic N) is 2. The van der Waals surface area contributed by atoms with E-state index in [1.54, 1.807) is 7.11 Å². The van der Waals surface area contributed by atoms with Crippen LogP contribution in [-0.4, -0.2) is 80.5 Å². The zero-order valence-electron chi connectivity index (χ0n) is 12.8. The van der Waals surface area contributed by atoms with Gasteiger partial charge in [-0.2, -0.15) is 0 Å². The third-order valence-electron chi connectivity index (χ3n) is 3.72. The third kappa shape index (κ3) is 6.45. The van der Waals surface area contributed by atoms with E-state index in [4.69, 9.17) is 27.4 Å². The lowest BCUT2D eigenvalue weighted by Gasteiger charge is -2.38. The number of hydrogen-bond acceptors (Lipinski definition) is 5. The van der Waals surface area contributed by atoms with Gasteiger partial charge in [0, 0.05) is 39.8 Å². The normalized spacial score (nSPS) is 19.1. The van der Waals surface area contributed by atoms with Gasteiger partial charge in [-0.15, -0.1) is 0 Å². The minimum atomic E-state index is 0.273. The molecule has 1 unspecified atom stereocenters. The van der Waals surface area contributed by atoms with E-state index < -0.39 is 0 Å². The molecule has 1 rings (SSSR count). The van der Waals surface area contributed by atoms with Crippen molar-refractivity contribution in [2.24, 2.45) is 5.73 Å². The van der Waals surface area contributed by atoms with Crippen LogP contribution in [0.5, 0.6) is 0 Å². The quantitative estimate of drug-likeness (QED) is 0.474. The van der Waals surface area contributed by atoms with Gasteiger partial charge in [-0.05, 0) is 6.42 Å². The number of thiocarbonyl (C=S) groups is 1. The molecule has 0 bridgehead atoms. The number of nitrogens with two attached hydrogens (primary N) is 1. The summed E-state index contributed by atoms with van der Waals surface area (Å²) in [5, 5.41) is 0. The number of ether oxygens (including phenoxy) is 2. The summed E-state index contributed by atoms with van der Waals surface area (Å²) in [6, 6.07) is 0.273. The zero-order valence-corrected chi connectivity index (χ0v) is 13.7. The van der Waals surface area contributed by atoms with Gasteiger partial charge >= 0.3 is 0 Å². The molecular formula is C14H29N3O2S. The summed E-state index contributed by atoms with van der Waals surface area (Å²) in [6.07, 6.45) is 2.19. The van der Waals surface area contributed by atoms with Crippen LogP contribution in [0.25, 0.3) is 0 Å². The number of hydrogen-bond donors (Lipinski definition) is 1. The molecular weight excluding hydrogens is 274 g/mol. The number of piperazine rings is 1. The molecule has 118 valence electrons. The van der Waals surface area contributed by atoms with Crippen LogP contribution in [0, 0.1) is 0 Å². The Morgan fingerprint density at radius 2 is 1.90 bits per heavy atom. The zero-order chi connectivity index (χ0) is 14.8. The van der Waals surface area contributed by atoms with Crippen LogP contribution in [0.3, 0.4) is 0 Å². The van der Waals surface area contributed by atoms with Gasteiger partial charge in [0.1, 0.15) is 0 Å². The molecule has 1 aliphatic rings. The highest BCUT2D eigenvalue weighted by Gasteiger charge is 2.24. The van der Waals surface area contributed by atoms with E-state index in [2.05, 4.69) is 16.7 Å². The van der Waals surface area contributed by atoms with Crippen molar-refractivity contribution in [1.82, 2.24) is 9.80 Å². The maximum Gasteiger partial charge on any atom is 0.0902 e. The van der Waals surface area contributed by atoms with Crippen molar-refractivity contribution < 1.29 is 9.47 Å². The fourth-order valence-electron chi connectivity index (χ4n) is 2.51. The average Bonchev–Trinajstić information content (AvgIpc) is 2.45. The van der Waals surface area contributed by atoms with Crippen LogP contribution >= 0.6 is 12.2 Å². The van der Waals surface area contributed by atoms with Gasteiger partial charge in [0.2, 0.25) is 0 Å². The van der Waals surface area contributed by atoms with Crippen molar-refractivity contribution in [2.75, 3.05) is 59.7 Å². The van der Waals surface area contributed by atoms with Crippen molar-refractivity contribution in [3.8, 4) is 0 Å². The Hall–Kier alpha value is -0.270. The monoisotopic (exact) mass is 303 g/mol. The lowest BCUT2D eigenvalue weighted by Crippen LogP contribution is -2.54. The molecule has 0 saturated carbocycles. The summed E-state index contributed by atoms with van der Waals surface area (Å²) in [5.74, 6) is 0. The van der Waals surface area contributed by atoms with Crippen LogP contribution < -0.4 is 5.73 Å². The maximum atomic E-state index is 5.86. The Labute approximate surface area is 128 Å². The molecule has 0 radical (unpaired) electrons. The second-order valence-electron chi connectivity index (χ2n) is 5.19. The molecule has 0 aliphatic carbocycles. The Balaban J connectivity index is 2.20. The predicted octanol–water partition coefficient (Wildman–Crippen LogP) is 0.722. The first-order valence-electron chi connectivity index (χ1n) is 7.51. The van der Waals surface area contributed by atoms with E-state index in [9.17, 15) is 0 Å². The first kappa shape index (κ1) is 17.8. The van der Waals surface area contributed by atoms with Crippen molar-refractivity contribution in [2.45, 2.75) is 25.8 Å². The Morgan fingerprint density at radius 1 is 1.20 bits per heavy atom. The highest BCUT2D eigenvalue weighted by molar-refractivity contribution is 7.80. The molecule has 5 nitrogen and oxygen atoms in total.